The lowest BCUT2D eigenvalue weighted by molar-refractivity contribution is -0.0505. The summed E-state index contributed by atoms with van der Waals surface area (Å²) in [5.74, 6) is 0.184. The Bertz CT molecular complexity index is 576. The number of halogens is 2. The van der Waals surface area contributed by atoms with Crippen LogP contribution in [0.4, 0.5) is 8.78 Å². The Morgan fingerprint density at radius 3 is 2.52 bits per heavy atom. The molecule has 0 atom stereocenters. The summed E-state index contributed by atoms with van der Waals surface area (Å²) in [6, 6.07) is 14.3. The second-order valence-corrected chi connectivity index (χ2v) is 4.57. The molecule has 2 aromatic carbocycles. The minimum absolute atomic E-state index is 0.00109. The van der Waals surface area contributed by atoms with Crippen LogP contribution in [0.3, 0.4) is 0 Å². The molecule has 2 aromatic rings. The molecule has 0 unspecified atom stereocenters. The maximum Gasteiger partial charge on any atom is 0.387 e. The summed E-state index contributed by atoms with van der Waals surface area (Å²) in [4.78, 5) is 0. The zero-order chi connectivity index (χ0) is 15.1. The van der Waals surface area contributed by atoms with E-state index in [4.69, 9.17) is 5.11 Å². The molecule has 0 saturated carbocycles. The number of hydrogen-bond acceptors (Lipinski definition) is 3. The summed E-state index contributed by atoms with van der Waals surface area (Å²) in [6.07, 6.45) is 0. The van der Waals surface area contributed by atoms with Gasteiger partial charge in [-0.25, -0.2) is 0 Å². The third-order valence-corrected chi connectivity index (χ3v) is 3.01. The normalized spacial score (nSPS) is 10.9. The highest BCUT2D eigenvalue weighted by molar-refractivity contribution is 5.33. The first-order chi connectivity index (χ1) is 10.2. The second kappa shape index (κ2) is 7.71. The Kier molecular flexibility index (Phi) is 5.66. The predicted molar refractivity (Wildman–Crippen MR) is 76.0 cm³/mol. The Balaban J connectivity index is 1.94. The summed E-state index contributed by atoms with van der Waals surface area (Å²) in [6.45, 7) is -1.82. The van der Waals surface area contributed by atoms with Gasteiger partial charge in [0.2, 0.25) is 0 Å². The van der Waals surface area contributed by atoms with E-state index in [-0.39, 0.29) is 12.4 Å². The van der Waals surface area contributed by atoms with E-state index in [2.05, 4.69) is 10.1 Å². The lowest BCUT2D eigenvalue weighted by Crippen LogP contribution is -2.14. The maximum absolute atomic E-state index is 12.3. The SMILES string of the molecule is OCc1cccc(CNCc2ccccc2OC(F)F)c1. The Labute approximate surface area is 122 Å². The standard InChI is InChI=1S/C16H17F2NO2/c17-16(18)21-15-7-2-1-6-14(15)10-19-9-12-4-3-5-13(8-12)11-20/h1-8,16,19-20H,9-11H2. The smallest absolute Gasteiger partial charge is 0.387 e. The lowest BCUT2D eigenvalue weighted by atomic mass is 10.1. The van der Waals surface area contributed by atoms with Crippen LogP contribution >= 0.6 is 0 Å². The molecular formula is C16H17F2NO2. The summed E-state index contributed by atoms with van der Waals surface area (Å²) in [7, 11) is 0. The van der Waals surface area contributed by atoms with Crippen LogP contribution in [-0.2, 0) is 19.7 Å². The van der Waals surface area contributed by atoms with Gasteiger partial charge in [0.25, 0.3) is 0 Å². The average molecular weight is 293 g/mol. The minimum Gasteiger partial charge on any atom is -0.434 e. The molecule has 2 N–H and O–H groups in total. The fraction of sp³-hybridized carbons (Fsp3) is 0.250. The molecule has 0 spiro atoms. The molecule has 0 aliphatic rings. The van der Waals surface area contributed by atoms with Gasteiger partial charge >= 0.3 is 6.61 Å². The van der Waals surface area contributed by atoms with E-state index in [1.165, 1.54) is 6.07 Å². The quantitative estimate of drug-likeness (QED) is 0.824. The highest BCUT2D eigenvalue weighted by atomic mass is 19.3. The molecule has 0 aliphatic carbocycles. The van der Waals surface area contributed by atoms with Crippen molar-refractivity contribution < 1.29 is 18.6 Å². The van der Waals surface area contributed by atoms with Gasteiger partial charge in [-0.05, 0) is 17.2 Å². The molecule has 0 fully saturated rings. The molecule has 0 aromatic heterocycles. The third kappa shape index (κ3) is 4.81. The zero-order valence-corrected chi connectivity index (χ0v) is 11.4. The number of hydrogen-bond donors (Lipinski definition) is 2. The first kappa shape index (κ1) is 15.4. The molecule has 112 valence electrons. The molecule has 5 heteroatoms. The van der Waals surface area contributed by atoms with Crippen LogP contribution in [0, 0.1) is 0 Å². The number of alkyl halides is 2. The topological polar surface area (TPSA) is 41.5 Å². The largest absolute Gasteiger partial charge is 0.434 e. The Hall–Kier alpha value is -1.98. The van der Waals surface area contributed by atoms with Crippen LogP contribution in [0.5, 0.6) is 5.75 Å². The van der Waals surface area contributed by atoms with Crippen molar-refractivity contribution >= 4 is 0 Å². The van der Waals surface area contributed by atoms with Crippen molar-refractivity contribution in [1.29, 1.82) is 0 Å². The monoisotopic (exact) mass is 293 g/mol. The fourth-order valence-corrected chi connectivity index (χ4v) is 2.04. The van der Waals surface area contributed by atoms with Crippen LogP contribution in [0.2, 0.25) is 0 Å². The van der Waals surface area contributed by atoms with Crippen LogP contribution in [-0.4, -0.2) is 11.7 Å². The molecule has 3 nitrogen and oxygen atoms in total. The number of aliphatic hydroxyl groups is 1. The number of aliphatic hydroxyl groups excluding tert-OH is 1. The van der Waals surface area contributed by atoms with Crippen LogP contribution < -0.4 is 10.1 Å². The Morgan fingerprint density at radius 1 is 1.00 bits per heavy atom. The molecule has 21 heavy (non-hydrogen) atoms. The van der Waals surface area contributed by atoms with Crippen molar-refractivity contribution in [3.05, 3.63) is 65.2 Å². The van der Waals surface area contributed by atoms with E-state index < -0.39 is 6.61 Å². The van der Waals surface area contributed by atoms with Crippen molar-refractivity contribution in [3.63, 3.8) is 0 Å². The van der Waals surface area contributed by atoms with Gasteiger partial charge in [-0.15, -0.1) is 0 Å². The maximum atomic E-state index is 12.3. The Morgan fingerprint density at radius 2 is 1.76 bits per heavy atom. The molecule has 0 aliphatic heterocycles. The van der Waals surface area contributed by atoms with E-state index in [1.54, 1.807) is 18.2 Å². The predicted octanol–water partition coefficient (Wildman–Crippen LogP) is 3.07. The van der Waals surface area contributed by atoms with Gasteiger partial charge in [-0.3, -0.25) is 0 Å². The van der Waals surface area contributed by atoms with E-state index in [0.29, 0.717) is 18.7 Å². The summed E-state index contributed by atoms with van der Waals surface area (Å²) < 4.78 is 29.1. The van der Waals surface area contributed by atoms with E-state index in [9.17, 15) is 8.78 Å². The van der Waals surface area contributed by atoms with Gasteiger partial charge in [-0.2, -0.15) is 8.78 Å². The molecule has 0 amide bonds. The van der Waals surface area contributed by atoms with Gasteiger partial charge in [0.1, 0.15) is 5.75 Å². The molecule has 0 radical (unpaired) electrons. The molecule has 0 saturated heterocycles. The lowest BCUT2D eigenvalue weighted by Gasteiger charge is -2.11. The highest BCUT2D eigenvalue weighted by Crippen LogP contribution is 2.20. The number of para-hydroxylation sites is 1. The van der Waals surface area contributed by atoms with E-state index >= 15 is 0 Å². The van der Waals surface area contributed by atoms with Gasteiger partial charge in [0.05, 0.1) is 6.61 Å². The molecule has 0 bridgehead atoms. The van der Waals surface area contributed by atoms with Crippen LogP contribution in [0.25, 0.3) is 0 Å². The van der Waals surface area contributed by atoms with Crippen LogP contribution in [0.1, 0.15) is 16.7 Å². The summed E-state index contributed by atoms with van der Waals surface area (Å²) in [5.41, 5.74) is 2.54. The van der Waals surface area contributed by atoms with Crippen LogP contribution in [0.15, 0.2) is 48.5 Å². The molecule has 2 rings (SSSR count). The van der Waals surface area contributed by atoms with Crippen molar-refractivity contribution in [2.24, 2.45) is 0 Å². The highest BCUT2D eigenvalue weighted by Gasteiger charge is 2.08. The van der Waals surface area contributed by atoms with Gasteiger partial charge < -0.3 is 15.2 Å². The number of nitrogens with one attached hydrogen (secondary N) is 1. The fourth-order valence-electron chi connectivity index (χ4n) is 2.04. The number of rotatable bonds is 7. The van der Waals surface area contributed by atoms with Gasteiger partial charge in [-0.1, -0.05) is 42.5 Å². The zero-order valence-electron chi connectivity index (χ0n) is 11.4. The first-order valence-corrected chi connectivity index (χ1v) is 6.61. The third-order valence-electron chi connectivity index (χ3n) is 3.01. The first-order valence-electron chi connectivity index (χ1n) is 6.61. The summed E-state index contributed by atoms with van der Waals surface area (Å²) >= 11 is 0. The van der Waals surface area contributed by atoms with Crippen molar-refractivity contribution in [3.8, 4) is 5.75 Å². The number of ether oxygens (including phenoxy) is 1. The van der Waals surface area contributed by atoms with E-state index in [0.717, 1.165) is 11.1 Å². The van der Waals surface area contributed by atoms with Gasteiger partial charge in [0.15, 0.2) is 0 Å². The average Bonchev–Trinajstić information content (AvgIpc) is 2.49. The summed E-state index contributed by atoms with van der Waals surface area (Å²) in [5, 5.41) is 12.3. The van der Waals surface area contributed by atoms with Crippen molar-refractivity contribution in [2.45, 2.75) is 26.3 Å². The molecule has 0 heterocycles. The van der Waals surface area contributed by atoms with Gasteiger partial charge in [0, 0.05) is 18.7 Å². The van der Waals surface area contributed by atoms with E-state index in [1.807, 2.05) is 24.3 Å². The minimum atomic E-state index is -2.83. The second-order valence-electron chi connectivity index (χ2n) is 4.57. The number of benzene rings is 2. The molecular weight excluding hydrogens is 276 g/mol. The van der Waals surface area contributed by atoms with Crippen molar-refractivity contribution in [2.75, 3.05) is 0 Å². The van der Waals surface area contributed by atoms with Crippen molar-refractivity contribution in [1.82, 2.24) is 5.32 Å².